The Labute approximate surface area is 170 Å². The average Bonchev–Trinajstić information content (AvgIpc) is 3.39. The Morgan fingerprint density at radius 1 is 1.33 bits per heavy atom. The number of aromatic nitrogens is 5. The Morgan fingerprint density at radius 3 is 2.97 bits per heavy atom. The molecule has 0 saturated carbocycles. The lowest BCUT2D eigenvalue weighted by Crippen LogP contribution is -2.08. The molecular weight excluding hydrogens is 389 g/mol. The van der Waals surface area contributed by atoms with E-state index in [9.17, 15) is 9.18 Å². The third-order valence-corrected chi connectivity index (χ3v) is 4.16. The average molecular weight is 407 g/mol. The number of ether oxygens (including phenoxy) is 1. The van der Waals surface area contributed by atoms with E-state index in [1.54, 1.807) is 33.7 Å². The van der Waals surface area contributed by atoms with E-state index in [0.29, 0.717) is 16.9 Å². The van der Waals surface area contributed by atoms with Crippen LogP contribution in [0.5, 0.6) is 11.6 Å². The van der Waals surface area contributed by atoms with Crippen LogP contribution in [0.1, 0.15) is 6.92 Å². The number of benzene rings is 1. The molecule has 0 bridgehead atoms. The minimum Gasteiger partial charge on any atom is -0.434 e. The number of halogens is 1. The Hall–Kier alpha value is -4.21. The summed E-state index contributed by atoms with van der Waals surface area (Å²) in [7, 11) is 0. The van der Waals surface area contributed by atoms with Crippen molar-refractivity contribution in [1.82, 2.24) is 24.4 Å². The van der Waals surface area contributed by atoms with Crippen LogP contribution in [0.25, 0.3) is 5.52 Å². The molecule has 0 saturated heterocycles. The van der Waals surface area contributed by atoms with Gasteiger partial charge in [0.1, 0.15) is 5.52 Å². The molecule has 3 aromatic heterocycles. The molecule has 4 aromatic rings. The van der Waals surface area contributed by atoms with Crippen molar-refractivity contribution in [2.24, 2.45) is 0 Å². The third-order valence-electron chi connectivity index (χ3n) is 4.16. The standard InChI is InChI=1S/C20H18FN7O2/c1-3-18(29)23-13-7-8-15(21)17(10-13)30-19-16-6-5-9-28(16)26-20(25-19)24-14-11-22-27(4-2)12-14/h3,5-12H,1,4H2,2H3,(H,23,29)(H,24,26). The summed E-state index contributed by atoms with van der Waals surface area (Å²) in [4.78, 5) is 15.9. The van der Waals surface area contributed by atoms with E-state index in [-0.39, 0.29) is 17.6 Å². The van der Waals surface area contributed by atoms with Crippen LogP contribution < -0.4 is 15.4 Å². The summed E-state index contributed by atoms with van der Waals surface area (Å²) < 4.78 is 23.4. The Kier molecular flexibility index (Phi) is 5.12. The molecule has 0 atom stereocenters. The summed E-state index contributed by atoms with van der Waals surface area (Å²) in [5.74, 6) is -0.716. The molecule has 9 nitrogen and oxygen atoms in total. The number of rotatable bonds is 7. The van der Waals surface area contributed by atoms with E-state index in [1.807, 2.05) is 13.1 Å². The summed E-state index contributed by atoms with van der Waals surface area (Å²) in [6, 6.07) is 7.51. The van der Waals surface area contributed by atoms with Crippen LogP contribution in [-0.4, -0.2) is 30.3 Å². The maximum atomic E-state index is 14.4. The highest BCUT2D eigenvalue weighted by Crippen LogP contribution is 2.30. The molecule has 4 rings (SSSR count). The smallest absolute Gasteiger partial charge is 0.248 e. The van der Waals surface area contributed by atoms with E-state index < -0.39 is 11.7 Å². The zero-order valence-electron chi connectivity index (χ0n) is 16.0. The molecule has 0 aliphatic rings. The molecular formula is C20H18FN7O2. The zero-order chi connectivity index (χ0) is 21.1. The summed E-state index contributed by atoms with van der Waals surface area (Å²) in [5, 5.41) is 14.2. The van der Waals surface area contributed by atoms with E-state index in [2.05, 4.69) is 32.4 Å². The summed E-state index contributed by atoms with van der Waals surface area (Å²) >= 11 is 0. The van der Waals surface area contributed by atoms with E-state index in [1.165, 1.54) is 18.2 Å². The molecule has 0 radical (unpaired) electrons. The number of carbonyl (C=O) groups is 1. The minimum absolute atomic E-state index is 0.0941. The van der Waals surface area contributed by atoms with Crippen molar-refractivity contribution in [2.75, 3.05) is 10.6 Å². The molecule has 10 heteroatoms. The van der Waals surface area contributed by atoms with Crippen molar-refractivity contribution in [3.63, 3.8) is 0 Å². The van der Waals surface area contributed by atoms with Crippen molar-refractivity contribution in [1.29, 1.82) is 0 Å². The van der Waals surface area contributed by atoms with E-state index in [4.69, 9.17) is 4.74 Å². The Morgan fingerprint density at radius 2 is 2.20 bits per heavy atom. The fraction of sp³-hybridized carbons (Fsp3) is 0.100. The van der Waals surface area contributed by atoms with Crippen LogP contribution in [0.15, 0.2) is 61.6 Å². The number of hydrogen-bond donors (Lipinski definition) is 2. The lowest BCUT2D eigenvalue weighted by molar-refractivity contribution is -0.111. The Bertz CT molecular complexity index is 1230. The van der Waals surface area contributed by atoms with Gasteiger partial charge in [0, 0.05) is 30.7 Å². The van der Waals surface area contributed by atoms with Gasteiger partial charge in [-0.2, -0.15) is 10.1 Å². The van der Waals surface area contributed by atoms with Crippen LogP contribution >= 0.6 is 0 Å². The van der Waals surface area contributed by atoms with E-state index >= 15 is 0 Å². The number of nitrogens with zero attached hydrogens (tertiary/aromatic N) is 5. The van der Waals surface area contributed by atoms with Gasteiger partial charge in [0.15, 0.2) is 11.6 Å². The van der Waals surface area contributed by atoms with Crippen LogP contribution in [0.2, 0.25) is 0 Å². The Balaban J connectivity index is 1.67. The summed E-state index contributed by atoms with van der Waals surface area (Å²) in [5.41, 5.74) is 1.61. The number of carbonyl (C=O) groups excluding carboxylic acids is 1. The normalized spacial score (nSPS) is 10.7. The van der Waals surface area contributed by atoms with Crippen molar-refractivity contribution < 1.29 is 13.9 Å². The SMILES string of the molecule is C=CC(=O)Nc1ccc(F)c(Oc2nc(Nc3cnn(CC)c3)nn3cccc23)c1. The summed E-state index contributed by atoms with van der Waals surface area (Å²) in [6.45, 7) is 6.10. The molecule has 2 N–H and O–H groups in total. The molecule has 1 amide bonds. The van der Waals surface area contributed by atoms with Crippen LogP contribution in [0.3, 0.4) is 0 Å². The van der Waals surface area contributed by atoms with Gasteiger partial charge >= 0.3 is 0 Å². The number of amides is 1. The molecule has 30 heavy (non-hydrogen) atoms. The van der Waals surface area contributed by atoms with Gasteiger partial charge in [-0.3, -0.25) is 9.48 Å². The molecule has 0 unspecified atom stereocenters. The largest absolute Gasteiger partial charge is 0.434 e. The predicted molar refractivity (Wildman–Crippen MR) is 109 cm³/mol. The molecule has 0 spiro atoms. The van der Waals surface area contributed by atoms with Crippen molar-refractivity contribution in [3.05, 3.63) is 67.4 Å². The maximum Gasteiger partial charge on any atom is 0.248 e. The van der Waals surface area contributed by atoms with Gasteiger partial charge in [-0.25, -0.2) is 8.91 Å². The van der Waals surface area contributed by atoms with Gasteiger partial charge in [0.25, 0.3) is 0 Å². The fourth-order valence-corrected chi connectivity index (χ4v) is 2.72. The van der Waals surface area contributed by atoms with Gasteiger partial charge < -0.3 is 15.4 Å². The quantitative estimate of drug-likeness (QED) is 0.453. The lowest BCUT2D eigenvalue weighted by atomic mass is 10.3. The first kappa shape index (κ1) is 19.1. The van der Waals surface area contributed by atoms with Crippen molar-refractivity contribution in [3.8, 4) is 11.6 Å². The summed E-state index contributed by atoms with van der Waals surface area (Å²) in [6.07, 6.45) is 6.31. The van der Waals surface area contributed by atoms with Gasteiger partial charge in [-0.05, 0) is 37.3 Å². The minimum atomic E-state index is -0.603. The number of anilines is 3. The topological polar surface area (TPSA) is 98.4 Å². The third kappa shape index (κ3) is 3.97. The first-order valence-electron chi connectivity index (χ1n) is 9.11. The van der Waals surface area contributed by atoms with E-state index in [0.717, 1.165) is 12.6 Å². The highest BCUT2D eigenvalue weighted by Gasteiger charge is 2.14. The first-order chi connectivity index (χ1) is 14.6. The zero-order valence-corrected chi connectivity index (χ0v) is 16.0. The second-order valence-corrected chi connectivity index (χ2v) is 6.23. The second kappa shape index (κ2) is 8.03. The molecule has 0 fully saturated rings. The lowest BCUT2D eigenvalue weighted by Gasteiger charge is -2.11. The number of aryl methyl sites for hydroxylation is 1. The van der Waals surface area contributed by atoms with Gasteiger partial charge in [-0.1, -0.05) is 6.58 Å². The van der Waals surface area contributed by atoms with Gasteiger partial charge in [0.05, 0.1) is 11.9 Å². The van der Waals surface area contributed by atoms with Crippen LogP contribution in [0, 0.1) is 5.82 Å². The number of hydrogen-bond acceptors (Lipinski definition) is 6. The van der Waals surface area contributed by atoms with Crippen LogP contribution in [-0.2, 0) is 11.3 Å². The maximum absolute atomic E-state index is 14.4. The van der Waals surface area contributed by atoms with Gasteiger partial charge in [-0.15, -0.1) is 5.10 Å². The molecule has 0 aliphatic heterocycles. The highest BCUT2D eigenvalue weighted by atomic mass is 19.1. The van der Waals surface area contributed by atoms with Crippen molar-refractivity contribution in [2.45, 2.75) is 13.5 Å². The molecule has 1 aromatic carbocycles. The first-order valence-corrected chi connectivity index (χ1v) is 9.11. The fourth-order valence-electron chi connectivity index (χ4n) is 2.72. The van der Waals surface area contributed by atoms with Crippen LogP contribution in [0.4, 0.5) is 21.7 Å². The molecule has 3 heterocycles. The van der Waals surface area contributed by atoms with Crippen molar-refractivity contribution >= 4 is 28.7 Å². The second-order valence-electron chi connectivity index (χ2n) is 6.23. The predicted octanol–water partition coefficient (Wildman–Crippen LogP) is 3.75. The van der Waals surface area contributed by atoms with Gasteiger partial charge in [0.2, 0.25) is 17.7 Å². The monoisotopic (exact) mass is 407 g/mol. The molecule has 152 valence electrons. The number of nitrogens with one attached hydrogen (secondary N) is 2. The highest BCUT2D eigenvalue weighted by molar-refractivity contribution is 5.98. The molecule has 0 aliphatic carbocycles. The number of fused-ring (bicyclic) bond motifs is 1.